The van der Waals surface area contributed by atoms with E-state index in [0.29, 0.717) is 5.69 Å². The number of carboxylic acids is 1. The topological polar surface area (TPSA) is 63.3 Å². The molecule has 3 N–H and O–H groups in total. The first-order valence-electron chi connectivity index (χ1n) is 4.27. The van der Waals surface area contributed by atoms with Gasteiger partial charge in [0, 0.05) is 10.6 Å². The minimum atomic E-state index is -0.823. The third-order valence-corrected chi connectivity index (χ3v) is 3.10. The lowest BCUT2D eigenvalue weighted by atomic mass is 10.2. The zero-order valence-electron chi connectivity index (χ0n) is 8.15. The van der Waals surface area contributed by atoms with Crippen LogP contribution in [-0.2, 0) is 4.79 Å². The molecular formula is C10H13NO2S. The lowest BCUT2D eigenvalue weighted by Gasteiger charge is -2.10. The second-order valence-electron chi connectivity index (χ2n) is 3.09. The molecule has 0 spiro atoms. The molecule has 0 aliphatic heterocycles. The van der Waals surface area contributed by atoms with Gasteiger partial charge in [0.25, 0.3) is 0 Å². The van der Waals surface area contributed by atoms with Gasteiger partial charge >= 0.3 is 5.97 Å². The summed E-state index contributed by atoms with van der Waals surface area (Å²) >= 11 is 1.27. The number of anilines is 1. The molecule has 14 heavy (non-hydrogen) atoms. The van der Waals surface area contributed by atoms with Crippen LogP contribution in [0.5, 0.6) is 0 Å². The van der Waals surface area contributed by atoms with Crippen molar-refractivity contribution >= 4 is 23.4 Å². The molecule has 1 atom stereocenters. The van der Waals surface area contributed by atoms with E-state index in [-0.39, 0.29) is 0 Å². The van der Waals surface area contributed by atoms with E-state index in [9.17, 15) is 4.79 Å². The highest BCUT2D eigenvalue weighted by atomic mass is 32.2. The van der Waals surface area contributed by atoms with Gasteiger partial charge in [0.05, 0.1) is 0 Å². The van der Waals surface area contributed by atoms with Crippen molar-refractivity contribution < 1.29 is 9.90 Å². The summed E-state index contributed by atoms with van der Waals surface area (Å²) in [5.74, 6) is -0.823. The molecular weight excluding hydrogens is 198 g/mol. The molecule has 4 heteroatoms. The normalized spacial score (nSPS) is 12.4. The average molecular weight is 211 g/mol. The van der Waals surface area contributed by atoms with Crippen LogP contribution in [0.1, 0.15) is 12.5 Å². The number of carboxylic acid groups (broad SMARTS) is 1. The Labute approximate surface area is 87.3 Å². The molecule has 0 radical (unpaired) electrons. The predicted molar refractivity (Wildman–Crippen MR) is 58.5 cm³/mol. The molecule has 1 unspecified atom stereocenters. The van der Waals surface area contributed by atoms with Crippen molar-refractivity contribution in [2.45, 2.75) is 24.0 Å². The van der Waals surface area contributed by atoms with Crippen LogP contribution in [0.4, 0.5) is 5.69 Å². The second kappa shape index (κ2) is 4.37. The molecule has 3 nitrogen and oxygen atoms in total. The SMILES string of the molecule is Cc1cccc(SC(C)C(=O)O)c1N. The van der Waals surface area contributed by atoms with E-state index in [2.05, 4.69) is 0 Å². The minimum absolute atomic E-state index is 0.473. The van der Waals surface area contributed by atoms with Crippen molar-refractivity contribution in [1.29, 1.82) is 0 Å². The average Bonchev–Trinajstić information content (AvgIpc) is 2.12. The number of aliphatic carboxylic acids is 1. The molecule has 1 aromatic carbocycles. The first-order chi connectivity index (χ1) is 6.52. The lowest BCUT2D eigenvalue weighted by Crippen LogP contribution is -2.11. The number of benzene rings is 1. The quantitative estimate of drug-likeness (QED) is 0.594. The number of thioether (sulfide) groups is 1. The van der Waals surface area contributed by atoms with Crippen molar-refractivity contribution in [2.24, 2.45) is 0 Å². The third kappa shape index (κ3) is 2.42. The van der Waals surface area contributed by atoms with E-state index < -0.39 is 11.2 Å². The Morgan fingerprint density at radius 2 is 2.21 bits per heavy atom. The van der Waals surface area contributed by atoms with Crippen LogP contribution in [0, 0.1) is 6.92 Å². The monoisotopic (exact) mass is 211 g/mol. The van der Waals surface area contributed by atoms with E-state index in [4.69, 9.17) is 10.8 Å². The number of rotatable bonds is 3. The Bertz CT molecular complexity index is 352. The van der Waals surface area contributed by atoms with Gasteiger partial charge in [-0.05, 0) is 25.5 Å². The number of para-hydroxylation sites is 1. The Kier molecular flexibility index (Phi) is 3.41. The van der Waals surface area contributed by atoms with E-state index >= 15 is 0 Å². The molecule has 0 bridgehead atoms. The first-order valence-corrected chi connectivity index (χ1v) is 5.15. The molecule has 0 saturated heterocycles. The van der Waals surface area contributed by atoms with Crippen molar-refractivity contribution in [3.63, 3.8) is 0 Å². The van der Waals surface area contributed by atoms with Crippen LogP contribution >= 0.6 is 11.8 Å². The zero-order valence-corrected chi connectivity index (χ0v) is 8.97. The van der Waals surface area contributed by atoms with E-state index in [0.717, 1.165) is 10.5 Å². The Morgan fingerprint density at radius 1 is 1.57 bits per heavy atom. The molecule has 0 heterocycles. The molecule has 0 aliphatic carbocycles. The summed E-state index contributed by atoms with van der Waals surface area (Å²) in [5.41, 5.74) is 7.47. The number of aryl methyl sites for hydroxylation is 1. The van der Waals surface area contributed by atoms with Gasteiger partial charge in [0.1, 0.15) is 5.25 Å². The molecule has 0 fully saturated rings. The van der Waals surface area contributed by atoms with Crippen LogP contribution < -0.4 is 5.73 Å². The smallest absolute Gasteiger partial charge is 0.316 e. The highest BCUT2D eigenvalue weighted by Crippen LogP contribution is 2.30. The molecule has 1 aromatic rings. The van der Waals surface area contributed by atoms with E-state index in [1.807, 2.05) is 25.1 Å². The summed E-state index contributed by atoms with van der Waals surface area (Å²) < 4.78 is 0. The highest BCUT2D eigenvalue weighted by molar-refractivity contribution is 8.00. The third-order valence-electron chi connectivity index (χ3n) is 1.94. The summed E-state index contributed by atoms with van der Waals surface area (Å²) in [5, 5.41) is 8.27. The molecule has 0 aromatic heterocycles. The lowest BCUT2D eigenvalue weighted by molar-refractivity contribution is -0.136. The predicted octanol–water partition coefficient (Wildman–Crippen LogP) is 2.14. The van der Waals surface area contributed by atoms with Gasteiger partial charge in [-0.25, -0.2) is 0 Å². The van der Waals surface area contributed by atoms with Crippen LogP contribution in [0.25, 0.3) is 0 Å². The summed E-state index contributed by atoms with van der Waals surface area (Å²) in [6, 6.07) is 5.62. The summed E-state index contributed by atoms with van der Waals surface area (Å²) in [6.07, 6.45) is 0. The van der Waals surface area contributed by atoms with Gasteiger partial charge in [-0.3, -0.25) is 4.79 Å². The molecule has 76 valence electrons. The van der Waals surface area contributed by atoms with Crippen LogP contribution in [0.3, 0.4) is 0 Å². The van der Waals surface area contributed by atoms with Gasteiger partial charge in [-0.15, -0.1) is 11.8 Å². The van der Waals surface area contributed by atoms with Gasteiger partial charge in [-0.2, -0.15) is 0 Å². The first kappa shape index (κ1) is 10.9. The fraction of sp³-hybridized carbons (Fsp3) is 0.300. The maximum atomic E-state index is 10.6. The van der Waals surface area contributed by atoms with Crippen LogP contribution in [-0.4, -0.2) is 16.3 Å². The minimum Gasteiger partial charge on any atom is -0.480 e. The summed E-state index contributed by atoms with van der Waals surface area (Å²) in [7, 11) is 0. The number of hydrogen-bond donors (Lipinski definition) is 2. The zero-order chi connectivity index (χ0) is 10.7. The fourth-order valence-electron chi connectivity index (χ4n) is 0.997. The van der Waals surface area contributed by atoms with Gasteiger partial charge in [0.2, 0.25) is 0 Å². The molecule has 1 rings (SSSR count). The van der Waals surface area contributed by atoms with E-state index in [1.165, 1.54) is 11.8 Å². The second-order valence-corrected chi connectivity index (χ2v) is 4.47. The largest absolute Gasteiger partial charge is 0.480 e. The van der Waals surface area contributed by atoms with Crippen molar-refractivity contribution in [1.82, 2.24) is 0 Å². The maximum Gasteiger partial charge on any atom is 0.316 e. The molecule has 0 amide bonds. The van der Waals surface area contributed by atoms with Gasteiger partial charge in [0.15, 0.2) is 0 Å². The Hall–Kier alpha value is -1.16. The number of hydrogen-bond acceptors (Lipinski definition) is 3. The number of carbonyl (C=O) groups is 1. The molecule has 0 aliphatic rings. The number of nitrogen functional groups attached to an aromatic ring is 1. The maximum absolute atomic E-state index is 10.6. The molecule has 0 saturated carbocycles. The van der Waals surface area contributed by atoms with E-state index in [1.54, 1.807) is 6.92 Å². The highest BCUT2D eigenvalue weighted by Gasteiger charge is 2.14. The summed E-state index contributed by atoms with van der Waals surface area (Å²) in [6.45, 7) is 3.56. The number of nitrogens with two attached hydrogens (primary N) is 1. The van der Waals surface area contributed by atoms with Crippen molar-refractivity contribution in [2.75, 3.05) is 5.73 Å². The van der Waals surface area contributed by atoms with Crippen molar-refractivity contribution in [3.8, 4) is 0 Å². The fourth-order valence-corrected chi connectivity index (χ4v) is 1.92. The Morgan fingerprint density at radius 3 is 2.79 bits per heavy atom. The standard InChI is InChI=1S/C10H13NO2S/c1-6-4-3-5-8(9(6)11)14-7(2)10(12)13/h3-5,7H,11H2,1-2H3,(H,12,13). The van der Waals surface area contributed by atoms with Crippen LogP contribution in [0.2, 0.25) is 0 Å². The van der Waals surface area contributed by atoms with Gasteiger partial charge in [-0.1, -0.05) is 12.1 Å². The van der Waals surface area contributed by atoms with Crippen molar-refractivity contribution in [3.05, 3.63) is 23.8 Å². The summed E-state index contributed by atoms with van der Waals surface area (Å²) in [4.78, 5) is 11.5. The van der Waals surface area contributed by atoms with Gasteiger partial charge < -0.3 is 10.8 Å². The van der Waals surface area contributed by atoms with Crippen LogP contribution in [0.15, 0.2) is 23.1 Å². The Balaban J connectivity index is 2.87.